The molecule has 0 N–H and O–H groups in total. The topological polar surface area (TPSA) is 329 Å². The van der Waals surface area contributed by atoms with Gasteiger partial charge in [-0.25, -0.2) is 36.3 Å². The van der Waals surface area contributed by atoms with Crippen molar-refractivity contribution in [1.29, 1.82) is 0 Å². The summed E-state index contributed by atoms with van der Waals surface area (Å²) < 4.78 is 157. The number of esters is 6. The van der Waals surface area contributed by atoms with Crippen LogP contribution in [0.5, 0.6) is 11.5 Å². The summed E-state index contributed by atoms with van der Waals surface area (Å²) in [5.41, 5.74) is -8.02. The van der Waals surface area contributed by atoms with Gasteiger partial charge in [-0.3, -0.25) is 28.8 Å². The van der Waals surface area contributed by atoms with Gasteiger partial charge in [0.15, 0.2) is 40.6 Å². The third-order valence-electron chi connectivity index (χ3n) is 28.0. The molecule has 3 aromatic rings. The molecule has 3 spiro atoms. The number of hydrogen-bond donors (Lipinski definition) is 0. The number of nitrogens with zero attached hydrogens (tertiary/aromatic N) is 3. The summed E-state index contributed by atoms with van der Waals surface area (Å²) in [6.07, 6.45) is 6.24. The molecular weight excluding hydrogens is 1690 g/mol. The van der Waals surface area contributed by atoms with E-state index in [9.17, 15) is 65.1 Å². The zero-order chi connectivity index (χ0) is 96.0. The van der Waals surface area contributed by atoms with Gasteiger partial charge in [0.1, 0.15) is 56.7 Å². The van der Waals surface area contributed by atoms with E-state index in [-0.39, 0.29) is 90.4 Å². The van der Waals surface area contributed by atoms with Gasteiger partial charge >= 0.3 is 53.7 Å². The molecule has 0 aliphatic carbocycles. The number of piperidine rings is 3. The fraction of sp³-hybridized carbons (Fsp3) is 0.710. The first-order chi connectivity index (χ1) is 59.8. The highest BCUT2D eigenvalue weighted by molar-refractivity contribution is 5.91. The molecule has 9 unspecified atom stereocenters. The molecule has 6 aliphatic rings. The van der Waals surface area contributed by atoms with E-state index >= 15 is 0 Å². The van der Waals surface area contributed by atoms with Gasteiger partial charge in [-0.15, -0.1) is 15.2 Å². The Hall–Kier alpha value is -8.26. The predicted octanol–water partition coefficient (Wildman–Crippen LogP) is 15.4. The van der Waals surface area contributed by atoms with E-state index < -0.39 is 167 Å². The van der Waals surface area contributed by atoms with Crippen LogP contribution in [-0.2, 0) is 105 Å². The highest BCUT2D eigenvalue weighted by Gasteiger charge is 2.68. The minimum absolute atomic E-state index is 0.0254. The van der Waals surface area contributed by atoms with Crippen LogP contribution in [0.4, 0.5) is 22.0 Å². The molecule has 35 heteroatoms. The fourth-order valence-corrected chi connectivity index (χ4v) is 17.8. The van der Waals surface area contributed by atoms with Gasteiger partial charge in [0, 0.05) is 78.6 Å². The van der Waals surface area contributed by atoms with Gasteiger partial charge in [0.05, 0.1) is 133 Å². The largest absolute Gasteiger partial charge is 0.497 e. The number of carbonyl (C=O) groups excluding carboxylic acids is 9. The average molecular weight is 1820 g/mol. The molecule has 30 nitrogen and oxygen atoms in total. The second-order valence-electron chi connectivity index (χ2n) is 36.8. The molecule has 6 saturated heterocycles. The van der Waals surface area contributed by atoms with E-state index in [0.717, 1.165) is 6.42 Å². The Morgan fingerprint density at radius 2 is 0.641 bits per heavy atom. The molecule has 128 heavy (non-hydrogen) atoms. The van der Waals surface area contributed by atoms with Crippen LogP contribution < -0.4 is 9.47 Å². The highest BCUT2D eigenvalue weighted by atomic mass is 19.2. The maximum atomic E-state index is 14.1. The SMILES string of the molecule is CCC1(C)CC2(OCC(COCC(COC(C)=O)(COC(C)=O)COC(C)=O)(COC(C)=O)CO2)C(C)C(C)(CC)N1OC(C)=O.CCC1(COC(=O)c2c(F)c(F)c(F)c(F)c2F)COC2(CC(C)(CC)N(OC(C)=O)C(C)(CC)C2C)OC1.CCC1(COC(=O)c2ccc(OC)cc2)COC2(CC(C)(CC)N(OC(=O)c3ccc(OC)cc3)C(C)(CC)C2C)OC1. The summed E-state index contributed by atoms with van der Waals surface area (Å²) >= 11 is 0. The number of ether oxygens (including phenoxy) is 15. The summed E-state index contributed by atoms with van der Waals surface area (Å²) in [7, 11) is 3.17. The Bertz CT molecular complexity index is 4270. The molecule has 6 aliphatic heterocycles. The van der Waals surface area contributed by atoms with Crippen molar-refractivity contribution in [2.45, 2.75) is 280 Å². The van der Waals surface area contributed by atoms with Crippen molar-refractivity contribution in [1.82, 2.24) is 15.2 Å². The number of hydroxylamine groups is 6. The van der Waals surface area contributed by atoms with E-state index in [4.69, 9.17) is 85.6 Å². The first-order valence-electron chi connectivity index (χ1n) is 43.9. The van der Waals surface area contributed by atoms with E-state index in [2.05, 4.69) is 41.5 Å². The third-order valence-corrected chi connectivity index (χ3v) is 28.0. The summed E-state index contributed by atoms with van der Waals surface area (Å²) in [6.45, 7) is 41.7. The van der Waals surface area contributed by atoms with Crippen molar-refractivity contribution in [3.8, 4) is 11.5 Å². The maximum Gasteiger partial charge on any atom is 0.357 e. The first kappa shape index (κ1) is 107. The number of carbonyl (C=O) groups is 9. The zero-order valence-electron chi connectivity index (χ0n) is 79.3. The quantitative estimate of drug-likeness (QED) is 0.0184. The van der Waals surface area contributed by atoms with Crippen molar-refractivity contribution >= 4 is 53.7 Å². The molecule has 720 valence electrons. The summed E-state index contributed by atoms with van der Waals surface area (Å²) in [5, 5.41) is 5.45. The molecule has 9 atom stereocenters. The van der Waals surface area contributed by atoms with E-state index in [0.29, 0.717) is 100 Å². The Morgan fingerprint density at radius 1 is 0.352 bits per heavy atom. The van der Waals surface area contributed by atoms with Crippen LogP contribution >= 0.6 is 0 Å². The van der Waals surface area contributed by atoms with Crippen molar-refractivity contribution in [2.24, 2.45) is 39.4 Å². The average Bonchev–Trinajstić information content (AvgIpc) is 0.716. The van der Waals surface area contributed by atoms with Crippen molar-refractivity contribution in [3.05, 3.63) is 94.3 Å². The minimum Gasteiger partial charge on any atom is -0.497 e. The van der Waals surface area contributed by atoms with Crippen LogP contribution in [-0.4, -0.2) is 226 Å². The van der Waals surface area contributed by atoms with E-state index in [1.54, 1.807) is 74.7 Å². The van der Waals surface area contributed by atoms with Crippen LogP contribution in [0.2, 0.25) is 0 Å². The summed E-state index contributed by atoms with van der Waals surface area (Å²) in [4.78, 5) is 127. The number of methoxy groups -OCH3 is 2. The van der Waals surface area contributed by atoms with Crippen molar-refractivity contribution < 1.29 is 151 Å². The van der Waals surface area contributed by atoms with Gasteiger partial charge < -0.3 is 85.6 Å². The molecule has 3 aromatic carbocycles. The Balaban J connectivity index is 0.000000264. The van der Waals surface area contributed by atoms with Gasteiger partial charge in [0.2, 0.25) is 5.82 Å². The summed E-state index contributed by atoms with van der Waals surface area (Å²) in [5.74, 6) is -19.3. The molecule has 0 saturated carbocycles. The normalized spacial score (nSPS) is 31.3. The van der Waals surface area contributed by atoms with Crippen molar-refractivity contribution in [2.75, 3.05) is 107 Å². The van der Waals surface area contributed by atoms with Gasteiger partial charge in [0.25, 0.3) is 0 Å². The lowest BCUT2D eigenvalue weighted by Crippen LogP contribution is -2.74. The van der Waals surface area contributed by atoms with Crippen molar-refractivity contribution in [3.63, 3.8) is 0 Å². The molecule has 0 aromatic heterocycles. The van der Waals surface area contributed by atoms with Gasteiger partial charge in [-0.05, 0) is 141 Å². The molecule has 0 radical (unpaired) electrons. The fourth-order valence-electron chi connectivity index (χ4n) is 17.8. The molecule has 0 bridgehead atoms. The second kappa shape index (κ2) is 43.0. The lowest BCUT2D eigenvalue weighted by Gasteiger charge is -2.63. The smallest absolute Gasteiger partial charge is 0.357 e. The van der Waals surface area contributed by atoms with Crippen LogP contribution in [0.25, 0.3) is 0 Å². The second-order valence-corrected chi connectivity index (χ2v) is 36.8. The molecule has 6 heterocycles. The lowest BCUT2D eigenvalue weighted by molar-refractivity contribution is -0.404. The standard InChI is InChI=1S/C34H47NO8.C32H53NO13.C27H36F5NO6/c1-9-31(5)20-34(24(4)32(6,10-2)35(31)43-30(37)26-14-18-28(39-8)19-15-26)41-22-33(11-3,23-42-34)21-40-29(36)25-12-16-27(38-7)17-13-25;1-11-28(9)13-32(22(3)29(10,12-2)33(28)46-27(8)38)44-20-31(21-45-32,19-43-26(7)37)15-39-14-30(16-40-23(4)34,17-41-24(5)35)18-42-25(6)36;1-8-24(6)11-27(15(4)25(7,9-2)33(24)39-16(5)34)37-13-26(10-3,14-38-27)12-36-23(35)17-18(28)20(30)22(32)21(31)19(17)29/h12-19,24H,9-11,20-23H2,1-8H3;22H,11-21H2,1-10H3;15H,8-14H2,1-7H3. The minimum atomic E-state index is -2.36. The molecular formula is C93H136F5N3O27. The van der Waals surface area contributed by atoms with Gasteiger partial charge in [-0.2, -0.15) is 0 Å². The Labute approximate surface area is 748 Å². The Morgan fingerprint density at radius 3 is 0.930 bits per heavy atom. The molecule has 0 amide bonds. The zero-order valence-corrected chi connectivity index (χ0v) is 79.3. The number of rotatable bonds is 32. The van der Waals surface area contributed by atoms with E-state index in [1.165, 1.54) is 41.5 Å². The lowest BCUT2D eigenvalue weighted by atomic mass is 9.66. The number of halogens is 5. The van der Waals surface area contributed by atoms with Crippen LogP contribution in [0.3, 0.4) is 0 Å². The Kier molecular flexibility index (Phi) is 35.8. The number of hydrogen-bond acceptors (Lipinski definition) is 30. The molecule has 9 rings (SSSR count). The van der Waals surface area contributed by atoms with Crippen LogP contribution in [0.1, 0.15) is 261 Å². The summed E-state index contributed by atoms with van der Waals surface area (Å²) in [6, 6.07) is 13.8. The highest BCUT2D eigenvalue weighted by Crippen LogP contribution is 2.59. The number of benzene rings is 3. The van der Waals surface area contributed by atoms with Gasteiger partial charge in [-0.1, -0.05) is 76.2 Å². The van der Waals surface area contributed by atoms with Crippen LogP contribution in [0, 0.1) is 68.5 Å². The maximum absolute atomic E-state index is 14.1. The monoisotopic (exact) mass is 1820 g/mol. The van der Waals surface area contributed by atoms with Crippen LogP contribution in [0.15, 0.2) is 48.5 Å². The molecule has 6 fully saturated rings. The van der Waals surface area contributed by atoms with E-state index in [1.807, 2.05) is 79.4 Å². The third kappa shape index (κ3) is 23.1. The predicted molar refractivity (Wildman–Crippen MR) is 452 cm³/mol. The first-order valence-corrected chi connectivity index (χ1v) is 43.9.